The van der Waals surface area contributed by atoms with Gasteiger partial charge in [-0.1, -0.05) is 6.07 Å². The Morgan fingerprint density at radius 3 is 2.32 bits per heavy atom. The molecule has 0 aliphatic carbocycles. The highest BCUT2D eigenvalue weighted by molar-refractivity contribution is 5.80. The second-order valence-corrected chi connectivity index (χ2v) is 8.14. The van der Waals surface area contributed by atoms with Gasteiger partial charge in [-0.3, -0.25) is 0 Å². The summed E-state index contributed by atoms with van der Waals surface area (Å²) >= 11 is 0. The van der Waals surface area contributed by atoms with Gasteiger partial charge in [-0.2, -0.15) is 0 Å². The van der Waals surface area contributed by atoms with Gasteiger partial charge in [-0.25, -0.2) is 15.0 Å². The molecule has 8 heteroatoms. The molecule has 0 amide bonds. The number of rotatable bonds is 5. The zero-order valence-corrected chi connectivity index (χ0v) is 18.7. The Morgan fingerprint density at radius 1 is 0.903 bits per heavy atom. The van der Waals surface area contributed by atoms with E-state index in [1.54, 1.807) is 0 Å². The third-order valence-corrected chi connectivity index (χ3v) is 5.94. The predicted octanol–water partition coefficient (Wildman–Crippen LogP) is 1.52. The minimum atomic E-state index is 0.659. The topological polar surface area (TPSA) is 63.1 Å². The van der Waals surface area contributed by atoms with Gasteiger partial charge in [0.05, 0.1) is 6.54 Å². The van der Waals surface area contributed by atoms with E-state index in [4.69, 9.17) is 4.99 Å². The molecule has 166 valence electrons. The molecule has 2 fully saturated rings. The molecule has 4 rings (SSSR count). The van der Waals surface area contributed by atoms with Gasteiger partial charge in [-0.05, 0) is 43.8 Å². The molecule has 2 aromatic rings. The summed E-state index contributed by atoms with van der Waals surface area (Å²) in [7, 11) is 2.17. The lowest BCUT2D eigenvalue weighted by molar-refractivity contribution is 0.312. The maximum Gasteiger partial charge on any atom is 0.194 e. The molecular weight excluding hydrogens is 388 g/mol. The third-order valence-electron chi connectivity index (χ3n) is 5.94. The second-order valence-electron chi connectivity index (χ2n) is 8.14. The van der Waals surface area contributed by atoms with E-state index < -0.39 is 0 Å². The Kier molecular flexibility index (Phi) is 7.19. The SMILES string of the molecule is CCNC(=NCc1ccnc(N2CCN(C)CC2)c1)N1CCN(c2ccccn2)CC1. The van der Waals surface area contributed by atoms with Crippen molar-refractivity contribution in [3.05, 3.63) is 48.3 Å². The van der Waals surface area contributed by atoms with Crippen molar-refractivity contribution >= 4 is 17.6 Å². The lowest BCUT2D eigenvalue weighted by Crippen LogP contribution is -2.52. The average molecular weight is 423 g/mol. The predicted molar refractivity (Wildman–Crippen MR) is 127 cm³/mol. The van der Waals surface area contributed by atoms with E-state index in [1.807, 2.05) is 24.5 Å². The number of likely N-dealkylation sites (N-methyl/N-ethyl adjacent to an activating group) is 1. The lowest BCUT2D eigenvalue weighted by atomic mass is 10.2. The van der Waals surface area contributed by atoms with Crippen LogP contribution in [0.25, 0.3) is 0 Å². The number of hydrogen-bond donors (Lipinski definition) is 1. The van der Waals surface area contributed by atoms with E-state index >= 15 is 0 Å². The molecule has 31 heavy (non-hydrogen) atoms. The van der Waals surface area contributed by atoms with Crippen molar-refractivity contribution in [2.45, 2.75) is 13.5 Å². The van der Waals surface area contributed by atoms with E-state index in [-0.39, 0.29) is 0 Å². The maximum absolute atomic E-state index is 4.95. The maximum atomic E-state index is 4.95. The zero-order chi connectivity index (χ0) is 21.5. The van der Waals surface area contributed by atoms with Crippen molar-refractivity contribution in [1.82, 2.24) is 25.1 Å². The van der Waals surface area contributed by atoms with Crippen LogP contribution >= 0.6 is 0 Å². The van der Waals surface area contributed by atoms with Crippen molar-refractivity contribution in [3.63, 3.8) is 0 Å². The highest BCUT2D eigenvalue weighted by Crippen LogP contribution is 2.16. The average Bonchev–Trinajstić information content (AvgIpc) is 2.83. The van der Waals surface area contributed by atoms with Crippen LogP contribution in [-0.2, 0) is 6.54 Å². The molecule has 8 nitrogen and oxygen atoms in total. The normalized spacial score (nSPS) is 18.4. The molecule has 0 bridgehead atoms. The molecule has 4 heterocycles. The van der Waals surface area contributed by atoms with Crippen LogP contribution in [0.3, 0.4) is 0 Å². The van der Waals surface area contributed by atoms with Gasteiger partial charge in [0.15, 0.2) is 5.96 Å². The number of nitrogens with one attached hydrogen (secondary N) is 1. The van der Waals surface area contributed by atoms with Crippen LogP contribution in [0, 0.1) is 0 Å². The molecule has 2 aliphatic rings. The second kappa shape index (κ2) is 10.4. The molecule has 0 aromatic carbocycles. The highest BCUT2D eigenvalue weighted by Gasteiger charge is 2.20. The van der Waals surface area contributed by atoms with Crippen LogP contribution < -0.4 is 15.1 Å². The first-order chi connectivity index (χ1) is 15.2. The summed E-state index contributed by atoms with van der Waals surface area (Å²) in [6.07, 6.45) is 3.77. The Bertz CT molecular complexity index is 840. The summed E-state index contributed by atoms with van der Waals surface area (Å²) in [6.45, 7) is 11.6. The van der Waals surface area contributed by atoms with Crippen LogP contribution in [0.1, 0.15) is 12.5 Å². The molecule has 0 saturated carbocycles. The van der Waals surface area contributed by atoms with Crippen LogP contribution in [-0.4, -0.2) is 91.7 Å². The minimum Gasteiger partial charge on any atom is -0.357 e. The molecule has 0 spiro atoms. The zero-order valence-electron chi connectivity index (χ0n) is 18.7. The van der Waals surface area contributed by atoms with Gasteiger partial charge in [0.2, 0.25) is 0 Å². The molecule has 2 aromatic heterocycles. The van der Waals surface area contributed by atoms with Crippen molar-refractivity contribution in [3.8, 4) is 0 Å². The lowest BCUT2D eigenvalue weighted by Gasteiger charge is -2.37. The summed E-state index contributed by atoms with van der Waals surface area (Å²) in [5.41, 5.74) is 1.20. The Hall–Kier alpha value is -2.87. The van der Waals surface area contributed by atoms with E-state index in [0.717, 1.165) is 76.5 Å². The number of pyridine rings is 2. The largest absolute Gasteiger partial charge is 0.357 e. The Balaban J connectivity index is 1.38. The first-order valence-electron chi connectivity index (χ1n) is 11.3. The van der Waals surface area contributed by atoms with Crippen molar-refractivity contribution in [2.75, 3.05) is 75.8 Å². The highest BCUT2D eigenvalue weighted by atomic mass is 15.4. The molecule has 0 atom stereocenters. The molecule has 2 saturated heterocycles. The van der Waals surface area contributed by atoms with Crippen LogP contribution in [0.15, 0.2) is 47.7 Å². The fourth-order valence-corrected chi connectivity index (χ4v) is 4.05. The van der Waals surface area contributed by atoms with Gasteiger partial charge in [-0.15, -0.1) is 0 Å². The van der Waals surface area contributed by atoms with Crippen molar-refractivity contribution in [1.29, 1.82) is 0 Å². The van der Waals surface area contributed by atoms with E-state index in [9.17, 15) is 0 Å². The van der Waals surface area contributed by atoms with Crippen LogP contribution in [0.5, 0.6) is 0 Å². The molecule has 0 radical (unpaired) electrons. The standard InChI is InChI=1S/C23H34N8/c1-3-24-23(31-16-14-29(15-17-31)21-6-4-5-8-25-21)27-19-20-7-9-26-22(18-20)30-12-10-28(2)11-13-30/h4-9,18H,3,10-17,19H2,1-2H3,(H,24,27). The number of nitrogens with zero attached hydrogens (tertiary/aromatic N) is 7. The summed E-state index contributed by atoms with van der Waals surface area (Å²) in [6, 6.07) is 10.4. The minimum absolute atomic E-state index is 0.659. The van der Waals surface area contributed by atoms with Crippen molar-refractivity contribution in [2.24, 2.45) is 4.99 Å². The molecule has 0 unspecified atom stereocenters. The quantitative estimate of drug-likeness (QED) is 0.579. The van der Waals surface area contributed by atoms with Gasteiger partial charge in [0.1, 0.15) is 11.6 Å². The monoisotopic (exact) mass is 422 g/mol. The van der Waals surface area contributed by atoms with Crippen LogP contribution in [0.4, 0.5) is 11.6 Å². The summed E-state index contributed by atoms with van der Waals surface area (Å²) in [4.78, 5) is 23.5. The fraction of sp³-hybridized carbons (Fsp3) is 0.522. The van der Waals surface area contributed by atoms with E-state index in [0.29, 0.717) is 6.54 Å². The molecule has 1 N–H and O–H groups in total. The summed E-state index contributed by atoms with van der Waals surface area (Å²) < 4.78 is 0. The number of aromatic nitrogens is 2. The summed E-state index contributed by atoms with van der Waals surface area (Å²) in [5, 5.41) is 3.47. The number of piperazine rings is 2. The Labute approximate surface area is 185 Å². The Morgan fingerprint density at radius 2 is 1.61 bits per heavy atom. The van der Waals surface area contributed by atoms with Crippen LogP contribution in [0.2, 0.25) is 0 Å². The van der Waals surface area contributed by atoms with Gasteiger partial charge in [0, 0.05) is 71.3 Å². The van der Waals surface area contributed by atoms with Gasteiger partial charge < -0.3 is 24.9 Å². The molecule has 2 aliphatic heterocycles. The van der Waals surface area contributed by atoms with E-state index in [2.05, 4.69) is 67.1 Å². The van der Waals surface area contributed by atoms with Crippen molar-refractivity contribution < 1.29 is 0 Å². The first-order valence-corrected chi connectivity index (χ1v) is 11.3. The molecular formula is C23H34N8. The number of hydrogen-bond acceptors (Lipinski definition) is 6. The number of aliphatic imine (C=N–C) groups is 1. The van der Waals surface area contributed by atoms with E-state index in [1.165, 1.54) is 5.56 Å². The number of guanidine groups is 1. The smallest absolute Gasteiger partial charge is 0.194 e. The van der Waals surface area contributed by atoms with Gasteiger partial charge >= 0.3 is 0 Å². The third kappa shape index (κ3) is 5.64. The summed E-state index contributed by atoms with van der Waals surface area (Å²) in [5.74, 6) is 3.10. The number of anilines is 2. The fourth-order valence-electron chi connectivity index (χ4n) is 4.05. The van der Waals surface area contributed by atoms with Gasteiger partial charge in [0.25, 0.3) is 0 Å². The first kappa shape index (κ1) is 21.4.